The van der Waals surface area contributed by atoms with Crippen LogP contribution in [0.1, 0.15) is 27.6 Å². The molecule has 0 heterocycles. The first-order chi connectivity index (χ1) is 8.50. The van der Waals surface area contributed by atoms with Gasteiger partial charge in [0.25, 0.3) is 0 Å². The Morgan fingerprint density at radius 1 is 1.22 bits per heavy atom. The summed E-state index contributed by atoms with van der Waals surface area (Å²) in [4.78, 5) is 35.4. The van der Waals surface area contributed by atoms with Gasteiger partial charge in [-0.25, -0.2) is 0 Å². The van der Waals surface area contributed by atoms with Crippen molar-refractivity contribution in [2.75, 3.05) is 12.5 Å². The second-order valence-electron chi connectivity index (χ2n) is 4.33. The molecule has 4 nitrogen and oxygen atoms in total. The van der Waals surface area contributed by atoms with Gasteiger partial charge in [0.05, 0.1) is 0 Å². The second-order valence-corrected chi connectivity index (χ2v) is 4.60. The molecule has 0 aromatic heterocycles. The first kappa shape index (κ1) is 12.8. The number of fused-ring (bicyclic) bond motifs is 1. The molecular formula is C13H11ClO4. The third kappa shape index (κ3) is 1.82. The number of rotatable bonds is 3. The number of hydrogen-bond acceptors (Lipinski definition) is 4. The van der Waals surface area contributed by atoms with Crippen LogP contribution in [0.3, 0.4) is 0 Å². The summed E-state index contributed by atoms with van der Waals surface area (Å²) >= 11 is 5.30. The predicted octanol–water partition coefficient (Wildman–Crippen LogP) is 1.85. The summed E-state index contributed by atoms with van der Waals surface area (Å²) in [7, 11) is 0. The molecule has 1 aromatic carbocycles. The van der Waals surface area contributed by atoms with E-state index in [4.69, 9.17) is 16.3 Å². The van der Waals surface area contributed by atoms with Gasteiger partial charge in [-0.15, -0.1) is 11.6 Å². The first-order valence-corrected chi connectivity index (χ1v) is 5.94. The zero-order chi connectivity index (χ0) is 13.3. The number of benzene rings is 1. The van der Waals surface area contributed by atoms with Crippen LogP contribution in [-0.4, -0.2) is 30.0 Å². The number of hydrogen-bond donors (Lipinski definition) is 0. The van der Waals surface area contributed by atoms with Gasteiger partial charge in [-0.1, -0.05) is 24.3 Å². The van der Waals surface area contributed by atoms with E-state index >= 15 is 0 Å². The average Bonchev–Trinajstić information content (AvgIpc) is 2.59. The molecule has 5 heteroatoms. The van der Waals surface area contributed by atoms with Crippen molar-refractivity contribution in [2.24, 2.45) is 5.41 Å². The van der Waals surface area contributed by atoms with Gasteiger partial charge in [-0.05, 0) is 6.92 Å². The maximum Gasteiger partial charge on any atom is 0.320 e. The van der Waals surface area contributed by atoms with Gasteiger partial charge in [-0.2, -0.15) is 0 Å². The van der Waals surface area contributed by atoms with Gasteiger partial charge in [0.1, 0.15) is 17.9 Å². The molecule has 94 valence electrons. The largest absolute Gasteiger partial charge is 0.463 e. The van der Waals surface area contributed by atoms with E-state index in [1.54, 1.807) is 24.3 Å². The van der Waals surface area contributed by atoms with E-state index in [1.165, 1.54) is 6.92 Å². The van der Waals surface area contributed by atoms with Crippen molar-refractivity contribution in [1.82, 2.24) is 0 Å². The lowest BCUT2D eigenvalue weighted by Gasteiger charge is -2.19. The van der Waals surface area contributed by atoms with E-state index in [9.17, 15) is 14.4 Å². The third-order valence-corrected chi connectivity index (χ3v) is 3.27. The van der Waals surface area contributed by atoms with E-state index in [0.29, 0.717) is 11.1 Å². The van der Waals surface area contributed by atoms with Crippen molar-refractivity contribution < 1.29 is 19.1 Å². The van der Waals surface area contributed by atoms with Crippen LogP contribution in [0.4, 0.5) is 0 Å². The van der Waals surface area contributed by atoms with Crippen molar-refractivity contribution in [3.8, 4) is 0 Å². The summed E-state index contributed by atoms with van der Waals surface area (Å²) in [5.74, 6) is -1.57. The molecule has 0 saturated heterocycles. The molecule has 0 amide bonds. The highest BCUT2D eigenvalue weighted by atomic mass is 35.5. The zero-order valence-corrected chi connectivity index (χ0v) is 10.5. The molecule has 0 saturated carbocycles. The van der Waals surface area contributed by atoms with Crippen LogP contribution >= 0.6 is 11.6 Å². The lowest BCUT2D eigenvalue weighted by Crippen LogP contribution is -2.36. The summed E-state index contributed by atoms with van der Waals surface area (Å²) in [6, 6.07) is 6.59. The van der Waals surface area contributed by atoms with Crippen LogP contribution in [-0.2, 0) is 9.53 Å². The summed E-state index contributed by atoms with van der Waals surface area (Å²) in [6.07, 6.45) is 0. The Kier molecular flexibility index (Phi) is 3.22. The Morgan fingerprint density at radius 3 is 2.17 bits per heavy atom. The maximum atomic E-state index is 12.2. The molecule has 0 aliphatic heterocycles. The van der Waals surface area contributed by atoms with E-state index in [0.717, 1.165) is 0 Å². The highest BCUT2D eigenvalue weighted by molar-refractivity contribution is 6.29. The molecule has 0 unspecified atom stereocenters. The fourth-order valence-electron chi connectivity index (χ4n) is 1.97. The van der Waals surface area contributed by atoms with Crippen LogP contribution in [0.15, 0.2) is 24.3 Å². The van der Waals surface area contributed by atoms with Crippen molar-refractivity contribution in [2.45, 2.75) is 6.92 Å². The minimum Gasteiger partial charge on any atom is -0.463 e. The fraction of sp³-hybridized carbons (Fsp3) is 0.308. The molecule has 1 aliphatic rings. The van der Waals surface area contributed by atoms with Crippen molar-refractivity contribution in [3.63, 3.8) is 0 Å². The monoisotopic (exact) mass is 266 g/mol. The van der Waals surface area contributed by atoms with E-state index in [1.807, 2.05) is 0 Å². The van der Waals surface area contributed by atoms with E-state index in [-0.39, 0.29) is 24.1 Å². The molecule has 0 fully saturated rings. The number of carbonyl (C=O) groups is 3. The Morgan fingerprint density at radius 2 is 1.72 bits per heavy atom. The molecular weight excluding hydrogens is 256 g/mol. The Balaban J connectivity index is 2.29. The lowest BCUT2D eigenvalue weighted by molar-refractivity contribution is -0.142. The van der Waals surface area contributed by atoms with Crippen molar-refractivity contribution in [3.05, 3.63) is 35.4 Å². The number of ether oxygens (including phenoxy) is 1. The topological polar surface area (TPSA) is 60.4 Å². The number of ketones is 2. The normalized spacial score (nSPS) is 16.6. The van der Waals surface area contributed by atoms with Gasteiger partial charge in [0, 0.05) is 11.1 Å². The SMILES string of the molecule is CC1(COC(=O)CCl)C(=O)c2ccccc2C1=O. The number of esters is 1. The molecule has 1 aromatic rings. The zero-order valence-electron chi connectivity index (χ0n) is 9.73. The van der Waals surface area contributed by atoms with Gasteiger partial charge in [0.2, 0.25) is 0 Å². The number of Topliss-reactive ketones (excluding diaryl/α,β-unsaturated/α-hetero) is 2. The van der Waals surface area contributed by atoms with Gasteiger partial charge in [0.15, 0.2) is 11.6 Å². The molecule has 0 atom stereocenters. The van der Waals surface area contributed by atoms with E-state index < -0.39 is 11.4 Å². The molecule has 2 rings (SSSR count). The Bertz CT molecular complexity index is 501. The third-order valence-electron chi connectivity index (χ3n) is 3.05. The summed E-state index contributed by atoms with van der Waals surface area (Å²) in [6.45, 7) is 1.21. The maximum absolute atomic E-state index is 12.2. The quantitative estimate of drug-likeness (QED) is 0.476. The lowest BCUT2D eigenvalue weighted by atomic mass is 9.86. The highest BCUT2D eigenvalue weighted by Gasteiger charge is 2.50. The predicted molar refractivity (Wildman–Crippen MR) is 64.9 cm³/mol. The minimum atomic E-state index is -1.33. The second kappa shape index (κ2) is 4.53. The number of carbonyl (C=O) groups excluding carboxylic acids is 3. The van der Waals surface area contributed by atoms with Crippen LogP contribution in [0.2, 0.25) is 0 Å². The smallest absolute Gasteiger partial charge is 0.320 e. The molecule has 0 bridgehead atoms. The fourth-order valence-corrected chi connectivity index (χ4v) is 2.05. The summed E-state index contributed by atoms with van der Waals surface area (Å²) in [5, 5.41) is 0. The van der Waals surface area contributed by atoms with Crippen LogP contribution < -0.4 is 0 Å². The molecule has 1 aliphatic carbocycles. The van der Waals surface area contributed by atoms with E-state index in [2.05, 4.69) is 0 Å². The average molecular weight is 267 g/mol. The van der Waals surface area contributed by atoms with Crippen molar-refractivity contribution in [1.29, 1.82) is 0 Å². The summed E-state index contributed by atoms with van der Waals surface area (Å²) in [5.41, 5.74) is -0.565. The Hall–Kier alpha value is -1.68. The minimum absolute atomic E-state index is 0.273. The van der Waals surface area contributed by atoms with Gasteiger partial charge in [-0.3, -0.25) is 14.4 Å². The molecule has 18 heavy (non-hydrogen) atoms. The number of alkyl halides is 1. The highest BCUT2D eigenvalue weighted by Crippen LogP contribution is 2.36. The van der Waals surface area contributed by atoms with Gasteiger partial charge >= 0.3 is 5.97 Å². The molecule has 0 radical (unpaired) electrons. The standard InChI is InChI=1S/C13H11ClO4/c1-13(7-18-10(15)6-14)11(16)8-4-2-3-5-9(8)12(13)17/h2-5H,6-7H2,1H3. The van der Waals surface area contributed by atoms with Crippen LogP contribution in [0, 0.1) is 5.41 Å². The molecule has 0 spiro atoms. The van der Waals surface area contributed by atoms with Crippen molar-refractivity contribution >= 4 is 29.1 Å². The molecule has 0 N–H and O–H groups in total. The first-order valence-electron chi connectivity index (χ1n) is 5.41. The Labute approximate surface area is 109 Å². The summed E-state index contributed by atoms with van der Waals surface area (Å²) < 4.78 is 4.84. The van der Waals surface area contributed by atoms with Crippen LogP contribution in [0.5, 0.6) is 0 Å². The van der Waals surface area contributed by atoms with Gasteiger partial charge < -0.3 is 4.74 Å². The number of halogens is 1. The van der Waals surface area contributed by atoms with Crippen LogP contribution in [0.25, 0.3) is 0 Å².